The second-order valence-corrected chi connectivity index (χ2v) is 3.58. The highest BCUT2D eigenvalue weighted by Crippen LogP contribution is 2.02. The normalized spacial score (nSPS) is 11.1. The van der Waals surface area contributed by atoms with Crippen molar-refractivity contribution in [2.45, 2.75) is 6.42 Å². The van der Waals surface area contributed by atoms with E-state index in [9.17, 15) is 10.1 Å². The first-order valence-electron chi connectivity index (χ1n) is 5.26. The van der Waals surface area contributed by atoms with E-state index in [1.165, 1.54) is 0 Å². The number of nitro groups is 1. The van der Waals surface area contributed by atoms with Crippen molar-refractivity contribution in [1.82, 2.24) is 15.2 Å². The molecule has 1 aromatic heterocycles. The minimum absolute atomic E-state index is 0.466. The molecule has 0 aliphatic heterocycles. The molecular formula is C11H16N4O2. The summed E-state index contributed by atoms with van der Waals surface area (Å²) in [6.45, 7) is 0.687. The van der Waals surface area contributed by atoms with Gasteiger partial charge in [0.2, 0.25) is 0 Å². The first-order chi connectivity index (χ1) is 8.13. The van der Waals surface area contributed by atoms with Crippen LogP contribution in [0.25, 0.3) is 0 Å². The van der Waals surface area contributed by atoms with Crippen LogP contribution < -0.4 is 5.32 Å². The number of rotatable bonds is 6. The lowest BCUT2D eigenvalue weighted by Gasteiger charge is -2.19. The molecule has 17 heavy (non-hydrogen) atoms. The van der Waals surface area contributed by atoms with Crippen LogP contribution in [0.15, 0.2) is 36.5 Å². The number of pyridine rings is 1. The van der Waals surface area contributed by atoms with Crippen LogP contribution in [-0.4, -0.2) is 35.4 Å². The quantitative estimate of drug-likeness (QED) is 0.585. The average molecular weight is 236 g/mol. The molecule has 1 heterocycles. The van der Waals surface area contributed by atoms with Crippen molar-refractivity contribution >= 4 is 0 Å². The molecule has 0 spiro atoms. The summed E-state index contributed by atoms with van der Waals surface area (Å²) >= 11 is 0. The molecule has 92 valence electrons. The van der Waals surface area contributed by atoms with E-state index in [1.807, 2.05) is 19.2 Å². The van der Waals surface area contributed by atoms with Gasteiger partial charge in [0.15, 0.2) is 5.82 Å². The van der Waals surface area contributed by atoms with E-state index >= 15 is 0 Å². The van der Waals surface area contributed by atoms with Gasteiger partial charge in [-0.25, -0.2) is 0 Å². The smallest absolute Gasteiger partial charge is 0.274 e. The van der Waals surface area contributed by atoms with E-state index in [0.29, 0.717) is 12.4 Å². The minimum Gasteiger partial charge on any atom is -0.370 e. The predicted octanol–water partition coefficient (Wildman–Crippen LogP) is 0.851. The molecule has 0 unspecified atom stereocenters. The van der Waals surface area contributed by atoms with Crippen molar-refractivity contribution in [3.05, 3.63) is 52.2 Å². The third-order valence-corrected chi connectivity index (χ3v) is 2.35. The van der Waals surface area contributed by atoms with Crippen molar-refractivity contribution in [1.29, 1.82) is 0 Å². The number of hydrogen-bond acceptors (Lipinski definition) is 5. The van der Waals surface area contributed by atoms with Crippen LogP contribution in [0.4, 0.5) is 0 Å². The zero-order valence-electron chi connectivity index (χ0n) is 9.96. The van der Waals surface area contributed by atoms with Gasteiger partial charge in [-0.1, -0.05) is 6.07 Å². The summed E-state index contributed by atoms with van der Waals surface area (Å²) in [7, 11) is 3.47. The highest BCUT2D eigenvalue weighted by Gasteiger charge is 2.07. The number of likely N-dealkylation sites (N-methyl/N-ethyl adjacent to an activating group) is 1. The highest BCUT2D eigenvalue weighted by molar-refractivity contribution is 5.09. The molecule has 0 fully saturated rings. The maximum Gasteiger partial charge on any atom is 0.274 e. The van der Waals surface area contributed by atoms with E-state index < -0.39 is 4.92 Å². The Morgan fingerprint density at radius 2 is 2.47 bits per heavy atom. The Bertz CT molecular complexity index is 392. The van der Waals surface area contributed by atoms with Gasteiger partial charge in [-0.05, 0) is 18.1 Å². The van der Waals surface area contributed by atoms with Crippen molar-refractivity contribution in [3.63, 3.8) is 0 Å². The Balaban J connectivity index is 2.54. The van der Waals surface area contributed by atoms with Crippen LogP contribution in [0.2, 0.25) is 0 Å². The van der Waals surface area contributed by atoms with E-state index in [0.717, 1.165) is 18.2 Å². The van der Waals surface area contributed by atoms with Crippen molar-refractivity contribution < 1.29 is 4.92 Å². The Labute approximate surface area is 100 Å². The van der Waals surface area contributed by atoms with Gasteiger partial charge in [0.05, 0.1) is 4.92 Å². The minimum atomic E-state index is -0.466. The van der Waals surface area contributed by atoms with Gasteiger partial charge in [0, 0.05) is 33.0 Å². The third kappa shape index (κ3) is 4.50. The maximum absolute atomic E-state index is 10.4. The number of hydrogen-bond donors (Lipinski definition) is 1. The van der Waals surface area contributed by atoms with Crippen LogP contribution in [-0.2, 0) is 6.42 Å². The Hall–Kier alpha value is -2.11. The molecule has 1 rings (SSSR count). The fourth-order valence-corrected chi connectivity index (χ4v) is 1.42. The second-order valence-electron chi connectivity index (χ2n) is 3.58. The summed E-state index contributed by atoms with van der Waals surface area (Å²) in [5.41, 5.74) is 1.11. The van der Waals surface area contributed by atoms with Crippen molar-refractivity contribution in [2.75, 3.05) is 20.6 Å². The van der Waals surface area contributed by atoms with Gasteiger partial charge in [-0.3, -0.25) is 15.1 Å². The zero-order chi connectivity index (χ0) is 12.7. The van der Waals surface area contributed by atoms with Crippen LogP contribution in [0, 0.1) is 10.1 Å². The lowest BCUT2D eigenvalue weighted by Crippen LogP contribution is -2.28. The number of aromatic nitrogens is 1. The third-order valence-electron chi connectivity index (χ3n) is 2.35. The first-order valence-corrected chi connectivity index (χ1v) is 5.26. The average Bonchev–Trinajstić information content (AvgIpc) is 2.34. The lowest BCUT2D eigenvalue weighted by atomic mass is 10.2. The molecule has 0 atom stereocenters. The summed E-state index contributed by atoms with van der Waals surface area (Å²) in [4.78, 5) is 15.8. The van der Waals surface area contributed by atoms with Gasteiger partial charge in [0.25, 0.3) is 6.20 Å². The first kappa shape index (κ1) is 13.0. The van der Waals surface area contributed by atoms with Crippen LogP contribution in [0.1, 0.15) is 5.56 Å². The zero-order valence-corrected chi connectivity index (χ0v) is 9.96. The van der Waals surface area contributed by atoms with Gasteiger partial charge in [-0.2, -0.15) is 0 Å². The molecule has 0 bridgehead atoms. The van der Waals surface area contributed by atoms with E-state index in [1.54, 1.807) is 24.3 Å². The second kappa shape index (κ2) is 6.47. The molecule has 1 N–H and O–H groups in total. The van der Waals surface area contributed by atoms with E-state index in [4.69, 9.17) is 0 Å². The van der Waals surface area contributed by atoms with Crippen LogP contribution >= 0.6 is 0 Å². The summed E-state index contributed by atoms with van der Waals surface area (Å²) < 4.78 is 0. The molecule has 0 aromatic carbocycles. The molecule has 0 radical (unpaired) electrons. The SMILES string of the molecule is CN/C(=C/[N+](=O)[O-])N(C)CCc1cccnc1. The molecular weight excluding hydrogens is 220 g/mol. The van der Waals surface area contributed by atoms with Crippen LogP contribution in [0.3, 0.4) is 0 Å². The monoisotopic (exact) mass is 236 g/mol. The van der Waals surface area contributed by atoms with Gasteiger partial charge >= 0.3 is 0 Å². The summed E-state index contributed by atoms with van der Waals surface area (Å²) in [6.07, 6.45) is 5.27. The topological polar surface area (TPSA) is 71.3 Å². The van der Waals surface area contributed by atoms with Gasteiger partial charge < -0.3 is 10.2 Å². The maximum atomic E-state index is 10.4. The van der Waals surface area contributed by atoms with E-state index in [2.05, 4.69) is 10.3 Å². The Morgan fingerprint density at radius 3 is 3.00 bits per heavy atom. The van der Waals surface area contributed by atoms with Gasteiger partial charge in [-0.15, -0.1) is 0 Å². The summed E-state index contributed by atoms with van der Waals surface area (Å²) in [5.74, 6) is 0.485. The molecule has 6 heteroatoms. The van der Waals surface area contributed by atoms with E-state index in [-0.39, 0.29) is 0 Å². The number of nitrogens with one attached hydrogen (secondary N) is 1. The predicted molar refractivity (Wildman–Crippen MR) is 64.7 cm³/mol. The van der Waals surface area contributed by atoms with Crippen LogP contribution in [0.5, 0.6) is 0 Å². The number of nitrogens with zero attached hydrogens (tertiary/aromatic N) is 3. The fourth-order valence-electron chi connectivity index (χ4n) is 1.42. The fraction of sp³-hybridized carbons (Fsp3) is 0.364. The van der Waals surface area contributed by atoms with Crippen molar-refractivity contribution in [3.8, 4) is 0 Å². The molecule has 0 amide bonds. The molecule has 6 nitrogen and oxygen atoms in total. The lowest BCUT2D eigenvalue weighted by molar-refractivity contribution is -0.404. The highest BCUT2D eigenvalue weighted by atomic mass is 16.6. The summed E-state index contributed by atoms with van der Waals surface area (Å²) in [6, 6.07) is 3.86. The standard InChI is InChI=1S/C11H16N4O2/c1-12-11(9-15(16)17)14(2)7-5-10-4-3-6-13-8-10/h3-4,6,8-9,12H,5,7H2,1-2H3/b11-9-. The largest absolute Gasteiger partial charge is 0.370 e. The summed E-state index contributed by atoms with van der Waals surface area (Å²) in [5, 5.41) is 13.2. The molecule has 0 saturated carbocycles. The Kier molecular flexibility index (Phi) is 4.93. The Morgan fingerprint density at radius 1 is 1.71 bits per heavy atom. The molecule has 1 aromatic rings. The molecule has 0 aliphatic carbocycles. The molecule has 0 aliphatic rings. The van der Waals surface area contributed by atoms with Crippen molar-refractivity contribution in [2.24, 2.45) is 0 Å². The molecule has 0 saturated heterocycles. The van der Waals surface area contributed by atoms with Gasteiger partial charge in [0.1, 0.15) is 0 Å².